The lowest BCUT2D eigenvalue weighted by atomic mass is 9.81. The number of benzene rings is 2. The van der Waals surface area contributed by atoms with E-state index in [4.69, 9.17) is 0 Å². The first-order valence-electron chi connectivity index (χ1n) is 7.96. The molecule has 0 saturated heterocycles. The number of hydrogen-bond acceptors (Lipinski definition) is 0. The number of rotatable bonds is 1. The van der Waals surface area contributed by atoms with Crippen LogP contribution in [0.5, 0.6) is 0 Å². The van der Waals surface area contributed by atoms with Gasteiger partial charge >= 0.3 is 0 Å². The van der Waals surface area contributed by atoms with Crippen molar-refractivity contribution in [3.63, 3.8) is 0 Å². The Balaban J connectivity index is 1.93. The average molecular weight is 332 g/mol. The molecule has 0 N–H and O–H groups in total. The summed E-state index contributed by atoms with van der Waals surface area (Å²) < 4.78 is 53.9. The van der Waals surface area contributed by atoms with Gasteiger partial charge in [0.1, 0.15) is 5.82 Å². The predicted octanol–water partition coefficient (Wildman–Crippen LogP) is 5.16. The zero-order chi connectivity index (χ0) is 17.3. The molecule has 2 aromatic carbocycles. The monoisotopic (exact) mass is 332 g/mol. The van der Waals surface area contributed by atoms with Crippen molar-refractivity contribution >= 4 is 0 Å². The van der Waals surface area contributed by atoms with Gasteiger partial charge in [0.05, 0.1) is 5.56 Å². The first-order chi connectivity index (χ1) is 11.5. The maximum absolute atomic E-state index is 14.6. The summed E-state index contributed by atoms with van der Waals surface area (Å²) in [5.74, 6) is 1.16. The van der Waals surface area contributed by atoms with Crippen molar-refractivity contribution in [3.05, 3.63) is 69.8 Å². The zero-order valence-corrected chi connectivity index (χ0v) is 13.2. The molecule has 0 nitrogen and oxygen atoms in total. The van der Waals surface area contributed by atoms with E-state index >= 15 is 0 Å². The van der Waals surface area contributed by atoms with E-state index in [1.807, 2.05) is 6.07 Å². The van der Waals surface area contributed by atoms with Crippen LogP contribution in [0.3, 0.4) is 0 Å². The summed E-state index contributed by atoms with van der Waals surface area (Å²) in [4.78, 5) is 0. The lowest BCUT2D eigenvalue weighted by molar-refractivity contribution is 0.434. The molecular weight excluding hydrogens is 316 g/mol. The topological polar surface area (TPSA) is 0 Å². The van der Waals surface area contributed by atoms with Crippen LogP contribution in [-0.2, 0) is 12.8 Å². The second-order valence-corrected chi connectivity index (χ2v) is 6.09. The summed E-state index contributed by atoms with van der Waals surface area (Å²) in [6.07, 6.45) is 3.57. The Bertz CT molecular complexity index is 820. The summed E-state index contributed by atoms with van der Waals surface area (Å²) in [5, 5.41) is 0. The van der Waals surface area contributed by atoms with Gasteiger partial charge in [-0.25, -0.2) is 17.6 Å². The van der Waals surface area contributed by atoms with Gasteiger partial charge in [-0.2, -0.15) is 0 Å². The van der Waals surface area contributed by atoms with E-state index in [0.29, 0.717) is 17.9 Å². The largest absolute Gasteiger partial charge is 0.205 e. The third kappa shape index (κ3) is 3.17. The Morgan fingerprint density at radius 1 is 1.00 bits per heavy atom. The Hall–Kier alpha value is -2.28. The maximum atomic E-state index is 14.6. The Labute approximate surface area is 138 Å². The molecule has 0 bridgehead atoms. The lowest BCUT2D eigenvalue weighted by Gasteiger charge is -2.24. The van der Waals surface area contributed by atoms with Gasteiger partial charge in [0.2, 0.25) is 0 Å². The SMILES string of the molecule is CCC1CCc2c(ccc(C#Cc3cc(F)c(F)c(F)c3)c2F)C1. The highest BCUT2D eigenvalue weighted by molar-refractivity contribution is 5.47. The average Bonchev–Trinajstić information content (AvgIpc) is 2.58. The van der Waals surface area contributed by atoms with Crippen LogP contribution in [0.25, 0.3) is 0 Å². The second kappa shape index (κ2) is 6.68. The Morgan fingerprint density at radius 2 is 1.71 bits per heavy atom. The number of halogens is 4. The molecule has 24 heavy (non-hydrogen) atoms. The lowest BCUT2D eigenvalue weighted by Crippen LogP contribution is -2.15. The van der Waals surface area contributed by atoms with Crippen LogP contribution in [0, 0.1) is 41.0 Å². The molecular formula is C20H16F4. The molecule has 1 aliphatic rings. The molecule has 0 fully saturated rings. The third-order valence-electron chi connectivity index (χ3n) is 4.55. The molecule has 0 aliphatic heterocycles. The van der Waals surface area contributed by atoms with Crippen LogP contribution in [0.15, 0.2) is 24.3 Å². The molecule has 3 rings (SSSR count). The molecule has 4 heteroatoms. The minimum absolute atomic E-state index is 0.0328. The van der Waals surface area contributed by atoms with Gasteiger partial charge in [-0.05, 0) is 54.5 Å². The standard InChI is InChI=1S/C20H16F4/c1-2-12-4-8-16-15(9-12)7-6-14(19(16)23)5-3-13-10-17(21)20(24)18(22)11-13/h6-7,10-12H,2,4,8-9H2,1H3. The number of hydrogen-bond donors (Lipinski definition) is 0. The number of fused-ring (bicyclic) bond motifs is 1. The molecule has 0 amide bonds. The molecule has 1 aliphatic carbocycles. The van der Waals surface area contributed by atoms with Crippen LogP contribution >= 0.6 is 0 Å². The quantitative estimate of drug-likeness (QED) is 0.384. The fraction of sp³-hybridized carbons (Fsp3) is 0.300. The molecule has 2 aromatic rings. The Morgan fingerprint density at radius 3 is 2.38 bits per heavy atom. The fourth-order valence-corrected chi connectivity index (χ4v) is 3.10. The molecule has 0 radical (unpaired) electrons. The molecule has 124 valence electrons. The van der Waals surface area contributed by atoms with Crippen molar-refractivity contribution in [2.45, 2.75) is 32.6 Å². The maximum Gasteiger partial charge on any atom is 0.194 e. The van der Waals surface area contributed by atoms with E-state index in [1.165, 1.54) is 0 Å². The van der Waals surface area contributed by atoms with Crippen LogP contribution in [0.1, 0.15) is 42.0 Å². The normalized spacial score (nSPS) is 16.3. The highest BCUT2D eigenvalue weighted by Gasteiger charge is 2.21. The van der Waals surface area contributed by atoms with Crippen molar-refractivity contribution < 1.29 is 17.6 Å². The zero-order valence-electron chi connectivity index (χ0n) is 13.2. The van der Waals surface area contributed by atoms with E-state index in [2.05, 4.69) is 18.8 Å². The summed E-state index contributed by atoms with van der Waals surface area (Å²) in [7, 11) is 0. The molecule has 1 atom stereocenters. The molecule has 0 aromatic heterocycles. The van der Waals surface area contributed by atoms with E-state index in [1.54, 1.807) is 6.07 Å². The first-order valence-corrected chi connectivity index (χ1v) is 7.96. The smallest absolute Gasteiger partial charge is 0.194 e. The van der Waals surface area contributed by atoms with Crippen molar-refractivity contribution in [1.82, 2.24) is 0 Å². The van der Waals surface area contributed by atoms with E-state index in [-0.39, 0.29) is 16.9 Å². The van der Waals surface area contributed by atoms with E-state index in [9.17, 15) is 17.6 Å². The van der Waals surface area contributed by atoms with Crippen LogP contribution in [0.2, 0.25) is 0 Å². The van der Waals surface area contributed by atoms with Gasteiger partial charge in [0, 0.05) is 5.56 Å². The minimum Gasteiger partial charge on any atom is -0.205 e. The molecule has 0 saturated carbocycles. The predicted molar refractivity (Wildman–Crippen MR) is 84.5 cm³/mol. The van der Waals surface area contributed by atoms with Gasteiger partial charge < -0.3 is 0 Å². The highest BCUT2D eigenvalue weighted by Crippen LogP contribution is 2.30. The third-order valence-corrected chi connectivity index (χ3v) is 4.55. The summed E-state index contributed by atoms with van der Waals surface area (Å²) in [6, 6.07) is 5.06. The molecule has 0 heterocycles. The van der Waals surface area contributed by atoms with Gasteiger partial charge in [-0.3, -0.25) is 0 Å². The molecule has 1 unspecified atom stereocenters. The van der Waals surface area contributed by atoms with Crippen LogP contribution in [-0.4, -0.2) is 0 Å². The summed E-state index contributed by atoms with van der Waals surface area (Å²) >= 11 is 0. The summed E-state index contributed by atoms with van der Waals surface area (Å²) in [5.41, 5.74) is 1.85. The Kier molecular flexibility index (Phi) is 4.62. The van der Waals surface area contributed by atoms with Gasteiger partial charge in [0.25, 0.3) is 0 Å². The van der Waals surface area contributed by atoms with Gasteiger partial charge in [-0.15, -0.1) is 0 Å². The van der Waals surface area contributed by atoms with Gasteiger partial charge in [-0.1, -0.05) is 31.3 Å². The van der Waals surface area contributed by atoms with Crippen molar-refractivity contribution in [1.29, 1.82) is 0 Å². The van der Waals surface area contributed by atoms with Crippen molar-refractivity contribution in [2.24, 2.45) is 5.92 Å². The molecule has 0 spiro atoms. The first kappa shape index (κ1) is 16.6. The van der Waals surface area contributed by atoms with Crippen molar-refractivity contribution in [3.8, 4) is 11.8 Å². The van der Waals surface area contributed by atoms with Crippen LogP contribution in [0.4, 0.5) is 17.6 Å². The van der Waals surface area contributed by atoms with Gasteiger partial charge in [0.15, 0.2) is 17.5 Å². The fourth-order valence-electron chi connectivity index (χ4n) is 3.10. The van der Waals surface area contributed by atoms with E-state index < -0.39 is 17.5 Å². The summed E-state index contributed by atoms with van der Waals surface area (Å²) in [6.45, 7) is 2.13. The van der Waals surface area contributed by atoms with Crippen LogP contribution < -0.4 is 0 Å². The second-order valence-electron chi connectivity index (χ2n) is 6.09. The van der Waals surface area contributed by atoms with Crippen molar-refractivity contribution in [2.75, 3.05) is 0 Å². The highest BCUT2D eigenvalue weighted by atomic mass is 19.2. The minimum atomic E-state index is -1.54. The van der Waals surface area contributed by atoms with E-state index in [0.717, 1.165) is 37.0 Å².